The van der Waals surface area contributed by atoms with Gasteiger partial charge in [0, 0.05) is 6.04 Å². The fourth-order valence-corrected chi connectivity index (χ4v) is 2.60. The molecule has 1 atom stereocenters. The van der Waals surface area contributed by atoms with Crippen molar-refractivity contribution >= 4 is 0 Å². The smallest absolute Gasteiger partial charge is 0.0322 e. The number of rotatable bonds is 8. The van der Waals surface area contributed by atoms with Gasteiger partial charge >= 0.3 is 0 Å². The van der Waals surface area contributed by atoms with Gasteiger partial charge in [-0.2, -0.15) is 0 Å². The summed E-state index contributed by atoms with van der Waals surface area (Å²) in [6.07, 6.45) is 7.88. The summed E-state index contributed by atoms with van der Waals surface area (Å²) in [6, 6.07) is 9.79. The van der Waals surface area contributed by atoms with Gasteiger partial charge in [0.1, 0.15) is 0 Å². The van der Waals surface area contributed by atoms with E-state index in [0.717, 1.165) is 12.5 Å². The zero-order valence-corrected chi connectivity index (χ0v) is 11.9. The van der Waals surface area contributed by atoms with Crippen LogP contribution >= 0.6 is 0 Å². The summed E-state index contributed by atoms with van der Waals surface area (Å²) in [5, 5.41) is 3.73. The number of hydrogen-bond donors (Lipinski definition) is 1. The highest BCUT2D eigenvalue weighted by atomic mass is 14.9. The Bertz CT molecular complexity index is 354. The quantitative estimate of drug-likeness (QED) is 0.712. The molecule has 1 aliphatic carbocycles. The van der Waals surface area contributed by atoms with Crippen LogP contribution in [0, 0.1) is 5.92 Å². The summed E-state index contributed by atoms with van der Waals surface area (Å²) < 4.78 is 0. The maximum atomic E-state index is 3.73. The molecule has 2 rings (SSSR count). The van der Waals surface area contributed by atoms with E-state index in [9.17, 15) is 0 Å². The lowest BCUT2D eigenvalue weighted by Crippen LogP contribution is -2.22. The lowest BCUT2D eigenvalue weighted by atomic mass is 9.97. The zero-order valence-electron chi connectivity index (χ0n) is 11.9. The third kappa shape index (κ3) is 4.13. The molecule has 100 valence electrons. The van der Waals surface area contributed by atoms with Crippen molar-refractivity contribution in [2.24, 2.45) is 5.92 Å². The van der Waals surface area contributed by atoms with Crippen LogP contribution in [-0.2, 0) is 6.42 Å². The molecule has 1 aromatic carbocycles. The molecule has 1 N–H and O–H groups in total. The highest BCUT2D eigenvalue weighted by molar-refractivity contribution is 5.26. The van der Waals surface area contributed by atoms with Gasteiger partial charge in [-0.3, -0.25) is 0 Å². The van der Waals surface area contributed by atoms with Crippen LogP contribution in [0.5, 0.6) is 0 Å². The van der Waals surface area contributed by atoms with Gasteiger partial charge in [0.2, 0.25) is 0 Å². The van der Waals surface area contributed by atoms with Crippen molar-refractivity contribution in [3.05, 3.63) is 35.4 Å². The predicted molar refractivity (Wildman–Crippen MR) is 78.8 cm³/mol. The molecule has 0 spiro atoms. The molecule has 1 heteroatoms. The van der Waals surface area contributed by atoms with Crippen LogP contribution in [-0.4, -0.2) is 6.54 Å². The SMILES string of the molecule is CCCNC(CC1CC1)c1cccc(CCC)c1. The standard InChI is InChI=1S/C17H27N/c1-3-6-14-7-5-8-16(12-14)17(18-11-4-2)13-15-9-10-15/h5,7-8,12,15,17-18H,3-4,6,9-11,13H2,1-2H3. The molecule has 0 bridgehead atoms. The highest BCUT2D eigenvalue weighted by Crippen LogP contribution is 2.37. The molecule has 0 radical (unpaired) electrons. The first-order valence-electron chi connectivity index (χ1n) is 7.65. The zero-order chi connectivity index (χ0) is 12.8. The van der Waals surface area contributed by atoms with Crippen LogP contribution in [0.25, 0.3) is 0 Å². The molecule has 0 aliphatic heterocycles. The van der Waals surface area contributed by atoms with E-state index in [1.54, 1.807) is 0 Å². The van der Waals surface area contributed by atoms with Crippen molar-refractivity contribution in [1.82, 2.24) is 5.32 Å². The van der Waals surface area contributed by atoms with E-state index in [-0.39, 0.29) is 0 Å². The van der Waals surface area contributed by atoms with Gasteiger partial charge in [0.05, 0.1) is 0 Å². The monoisotopic (exact) mass is 245 g/mol. The third-order valence-corrected chi connectivity index (χ3v) is 3.80. The van der Waals surface area contributed by atoms with Gasteiger partial charge < -0.3 is 5.32 Å². The molecule has 1 saturated carbocycles. The minimum atomic E-state index is 0.578. The second kappa shape index (κ2) is 6.94. The van der Waals surface area contributed by atoms with E-state index in [1.165, 1.54) is 49.7 Å². The third-order valence-electron chi connectivity index (χ3n) is 3.80. The molecule has 0 heterocycles. The van der Waals surface area contributed by atoms with Gasteiger partial charge in [-0.15, -0.1) is 0 Å². The Balaban J connectivity index is 2.04. The van der Waals surface area contributed by atoms with E-state index in [4.69, 9.17) is 0 Å². The van der Waals surface area contributed by atoms with Crippen LogP contribution in [0.3, 0.4) is 0 Å². The number of nitrogens with one attached hydrogen (secondary N) is 1. The minimum absolute atomic E-state index is 0.578. The minimum Gasteiger partial charge on any atom is -0.310 e. The highest BCUT2D eigenvalue weighted by Gasteiger charge is 2.25. The number of aryl methyl sites for hydroxylation is 1. The Hall–Kier alpha value is -0.820. The van der Waals surface area contributed by atoms with Gasteiger partial charge in [0.25, 0.3) is 0 Å². The predicted octanol–water partition coefficient (Wildman–Crippen LogP) is 4.48. The summed E-state index contributed by atoms with van der Waals surface area (Å²) in [6.45, 7) is 5.63. The molecule has 1 unspecified atom stereocenters. The molecule has 1 aromatic rings. The molecule has 0 saturated heterocycles. The average molecular weight is 245 g/mol. The first kappa shape index (κ1) is 13.6. The van der Waals surface area contributed by atoms with Gasteiger partial charge in [0.15, 0.2) is 0 Å². The van der Waals surface area contributed by atoms with Crippen molar-refractivity contribution in [3.8, 4) is 0 Å². The Labute approximate surface area is 112 Å². The van der Waals surface area contributed by atoms with Crippen molar-refractivity contribution in [3.63, 3.8) is 0 Å². The summed E-state index contributed by atoms with van der Waals surface area (Å²) in [7, 11) is 0. The van der Waals surface area contributed by atoms with Crippen molar-refractivity contribution in [1.29, 1.82) is 0 Å². The molecular weight excluding hydrogens is 218 g/mol. The molecule has 1 aliphatic rings. The summed E-state index contributed by atoms with van der Waals surface area (Å²) in [4.78, 5) is 0. The van der Waals surface area contributed by atoms with Crippen LogP contribution < -0.4 is 5.32 Å². The molecule has 0 amide bonds. The second-order valence-electron chi connectivity index (χ2n) is 5.68. The van der Waals surface area contributed by atoms with Crippen LogP contribution in [0.4, 0.5) is 0 Å². The first-order valence-corrected chi connectivity index (χ1v) is 7.65. The Kier molecular flexibility index (Phi) is 5.25. The summed E-state index contributed by atoms with van der Waals surface area (Å²) >= 11 is 0. The number of hydrogen-bond acceptors (Lipinski definition) is 1. The lowest BCUT2D eigenvalue weighted by molar-refractivity contribution is 0.473. The van der Waals surface area contributed by atoms with Crippen molar-refractivity contribution < 1.29 is 0 Å². The molecule has 18 heavy (non-hydrogen) atoms. The van der Waals surface area contributed by atoms with Crippen molar-refractivity contribution in [2.75, 3.05) is 6.54 Å². The maximum absolute atomic E-state index is 3.73. The summed E-state index contributed by atoms with van der Waals surface area (Å²) in [5.41, 5.74) is 3.00. The first-order chi connectivity index (χ1) is 8.83. The normalized spacial score (nSPS) is 16.8. The van der Waals surface area contributed by atoms with Crippen LogP contribution in [0.1, 0.15) is 63.1 Å². The van der Waals surface area contributed by atoms with Crippen LogP contribution in [0.15, 0.2) is 24.3 Å². The Morgan fingerprint density at radius 2 is 2.06 bits per heavy atom. The second-order valence-corrected chi connectivity index (χ2v) is 5.68. The summed E-state index contributed by atoms with van der Waals surface area (Å²) in [5.74, 6) is 0.981. The van der Waals surface area contributed by atoms with E-state index in [2.05, 4.69) is 43.4 Å². The van der Waals surface area contributed by atoms with Gasteiger partial charge in [-0.05, 0) is 42.9 Å². The lowest BCUT2D eigenvalue weighted by Gasteiger charge is -2.19. The molecule has 1 nitrogen and oxygen atoms in total. The Morgan fingerprint density at radius 1 is 1.22 bits per heavy atom. The largest absolute Gasteiger partial charge is 0.310 e. The van der Waals surface area contributed by atoms with Gasteiger partial charge in [-0.1, -0.05) is 57.4 Å². The topological polar surface area (TPSA) is 12.0 Å². The average Bonchev–Trinajstić information content (AvgIpc) is 3.19. The molecule has 1 fully saturated rings. The van der Waals surface area contributed by atoms with E-state index in [1.807, 2.05) is 0 Å². The van der Waals surface area contributed by atoms with Crippen LogP contribution in [0.2, 0.25) is 0 Å². The van der Waals surface area contributed by atoms with E-state index in [0.29, 0.717) is 6.04 Å². The van der Waals surface area contributed by atoms with Crippen molar-refractivity contribution in [2.45, 2.75) is 58.4 Å². The Morgan fingerprint density at radius 3 is 2.72 bits per heavy atom. The fourth-order valence-electron chi connectivity index (χ4n) is 2.60. The molecule has 0 aromatic heterocycles. The fraction of sp³-hybridized carbons (Fsp3) is 0.647. The number of benzene rings is 1. The van der Waals surface area contributed by atoms with Gasteiger partial charge in [-0.25, -0.2) is 0 Å². The molecular formula is C17H27N. The van der Waals surface area contributed by atoms with E-state index >= 15 is 0 Å². The maximum Gasteiger partial charge on any atom is 0.0322 e. The van der Waals surface area contributed by atoms with E-state index < -0.39 is 0 Å².